The van der Waals surface area contributed by atoms with Gasteiger partial charge < -0.3 is 15.1 Å². The van der Waals surface area contributed by atoms with Crippen molar-refractivity contribution >= 4 is 23.1 Å². The van der Waals surface area contributed by atoms with Crippen LogP contribution in [0, 0.1) is 12.7 Å². The number of likely N-dealkylation sites (N-methyl/N-ethyl adjacent to an activating group) is 1. The molecule has 7 nitrogen and oxygen atoms in total. The molecule has 2 aromatic heterocycles. The normalized spacial score (nSPS) is 13.4. The number of halogens is 1. The van der Waals surface area contributed by atoms with Gasteiger partial charge in [-0.05, 0) is 31.0 Å². The zero-order valence-electron chi connectivity index (χ0n) is 18.8. The lowest BCUT2D eigenvalue weighted by molar-refractivity contribution is -0.117. The Labute approximate surface area is 187 Å². The Morgan fingerprint density at radius 3 is 2.72 bits per heavy atom. The zero-order valence-corrected chi connectivity index (χ0v) is 18.8. The molecule has 1 amide bonds. The van der Waals surface area contributed by atoms with E-state index in [1.807, 2.05) is 37.1 Å². The van der Waals surface area contributed by atoms with Crippen LogP contribution in [0.1, 0.15) is 36.6 Å². The molecule has 1 aliphatic heterocycles. The predicted molar refractivity (Wildman–Crippen MR) is 125 cm³/mol. The van der Waals surface area contributed by atoms with E-state index in [0.29, 0.717) is 19.6 Å². The van der Waals surface area contributed by atoms with Crippen molar-refractivity contribution in [2.75, 3.05) is 35.3 Å². The van der Waals surface area contributed by atoms with Crippen molar-refractivity contribution in [3.05, 3.63) is 65.4 Å². The Hall–Kier alpha value is -3.42. The molecule has 0 spiro atoms. The molecule has 0 aliphatic carbocycles. The lowest BCUT2D eigenvalue weighted by atomic mass is 10.1. The van der Waals surface area contributed by atoms with Gasteiger partial charge in [0.05, 0.1) is 36.4 Å². The molecule has 4 rings (SSSR count). The van der Waals surface area contributed by atoms with Crippen molar-refractivity contribution < 1.29 is 9.18 Å². The second-order valence-corrected chi connectivity index (χ2v) is 8.21. The van der Waals surface area contributed by atoms with Gasteiger partial charge in [0.15, 0.2) is 0 Å². The first-order valence-electron chi connectivity index (χ1n) is 11.0. The van der Waals surface area contributed by atoms with Gasteiger partial charge in [-0.3, -0.25) is 9.48 Å². The van der Waals surface area contributed by atoms with Crippen LogP contribution in [0.15, 0.2) is 42.7 Å². The minimum Gasteiger partial charge on any atom is -0.366 e. The van der Waals surface area contributed by atoms with Gasteiger partial charge in [-0.1, -0.05) is 25.5 Å². The Bertz CT molecular complexity index is 1090. The molecule has 0 unspecified atom stereocenters. The van der Waals surface area contributed by atoms with Crippen LogP contribution in [-0.4, -0.2) is 40.8 Å². The number of carbonyl (C=O) groups excluding carboxylic acids is 1. The molecule has 3 heterocycles. The van der Waals surface area contributed by atoms with Crippen LogP contribution < -0.4 is 15.1 Å². The molecule has 0 radical (unpaired) electrons. The number of rotatable bonds is 8. The third-order valence-corrected chi connectivity index (χ3v) is 5.72. The molecule has 0 bridgehead atoms. The van der Waals surface area contributed by atoms with Crippen molar-refractivity contribution in [3.8, 4) is 0 Å². The highest BCUT2D eigenvalue weighted by Crippen LogP contribution is 2.37. The highest BCUT2D eigenvalue weighted by Gasteiger charge is 2.29. The maximum Gasteiger partial charge on any atom is 0.246 e. The fourth-order valence-corrected chi connectivity index (χ4v) is 3.98. The maximum absolute atomic E-state index is 13.1. The Balaban J connectivity index is 1.47. The molecule has 3 aromatic rings. The molecule has 1 aromatic carbocycles. The molecular formula is C24H29FN6O. The van der Waals surface area contributed by atoms with Crippen LogP contribution in [-0.2, 0) is 17.9 Å². The van der Waals surface area contributed by atoms with Gasteiger partial charge in [0.1, 0.15) is 11.6 Å². The van der Waals surface area contributed by atoms with Gasteiger partial charge in [0, 0.05) is 38.0 Å². The number of hydrogen-bond acceptors (Lipinski definition) is 5. The lowest BCUT2D eigenvalue weighted by Crippen LogP contribution is -2.44. The maximum atomic E-state index is 13.1. The SMILES string of the molecule is CCCCN1CC(=O)N(C)c2c1cc(NCc1cnn(Cc3ccc(F)cc3)c1)nc2C. The highest BCUT2D eigenvalue weighted by molar-refractivity contribution is 6.03. The fourth-order valence-electron chi connectivity index (χ4n) is 3.98. The third-order valence-electron chi connectivity index (χ3n) is 5.72. The molecule has 0 atom stereocenters. The number of carbonyl (C=O) groups is 1. The number of anilines is 3. The standard InChI is InChI=1S/C24H29FN6O/c1-4-5-10-30-16-23(32)29(3)24-17(2)28-22(11-21(24)30)26-12-19-13-27-31(15-19)14-18-6-8-20(25)9-7-18/h6-9,11,13,15H,4-5,10,12,14,16H2,1-3H3,(H,26,28). The highest BCUT2D eigenvalue weighted by atomic mass is 19.1. The number of hydrogen-bond donors (Lipinski definition) is 1. The first-order chi connectivity index (χ1) is 15.4. The van der Waals surface area contributed by atoms with Gasteiger partial charge in [-0.2, -0.15) is 5.10 Å². The zero-order chi connectivity index (χ0) is 22.7. The van der Waals surface area contributed by atoms with Crippen molar-refractivity contribution in [2.24, 2.45) is 0 Å². The van der Waals surface area contributed by atoms with Crippen molar-refractivity contribution in [1.82, 2.24) is 14.8 Å². The van der Waals surface area contributed by atoms with E-state index in [2.05, 4.69) is 27.2 Å². The molecule has 168 valence electrons. The number of pyridine rings is 1. The van der Waals surface area contributed by atoms with Gasteiger partial charge in [0.25, 0.3) is 0 Å². The van der Waals surface area contributed by atoms with E-state index in [4.69, 9.17) is 0 Å². The topological polar surface area (TPSA) is 66.3 Å². The second-order valence-electron chi connectivity index (χ2n) is 8.21. The molecular weight excluding hydrogens is 407 g/mol. The van der Waals surface area contributed by atoms with Gasteiger partial charge in [0.2, 0.25) is 5.91 Å². The van der Waals surface area contributed by atoms with Crippen molar-refractivity contribution in [2.45, 2.75) is 39.8 Å². The Morgan fingerprint density at radius 2 is 1.97 bits per heavy atom. The number of amides is 1. The largest absolute Gasteiger partial charge is 0.366 e. The number of nitrogens with one attached hydrogen (secondary N) is 1. The van der Waals surface area contributed by atoms with E-state index >= 15 is 0 Å². The van der Waals surface area contributed by atoms with Crippen LogP contribution >= 0.6 is 0 Å². The molecule has 1 aliphatic rings. The summed E-state index contributed by atoms with van der Waals surface area (Å²) in [5.41, 5.74) is 4.78. The van der Waals surface area contributed by atoms with E-state index in [0.717, 1.165) is 53.4 Å². The summed E-state index contributed by atoms with van der Waals surface area (Å²) in [5.74, 6) is 0.625. The number of benzene rings is 1. The van der Waals surface area contributed by atoms with Gasteiger partial charge in [-0.15, -0.1) is 0 Å². The summed E-state index contributed by atoms with van der Waals surface area (Å²) in [4.78, 5) is 21.0. The lowest BCUT2D eigenvalue weighted by Gasteiger charge is -2.36. The van der Waals surface area contributed by atoms with Crippen LogP contribution in [0.5, 0.6) is 0 Å². The summed E-state index contributed by atoms with van der Waals surface area (Å²) in [6, 6.07) is 8.48. The van der Waals surface area contributed by atoms with E-state index in [1.54, 1.807) is 17.0 Å². The molecule has 0 saturated heterocycles. The fraction of sp³-hybridized carbons (Fsp3) is 0.375. The van der Waals surface area contributed by atoms with E-state index in [1.165, 1.54) is 12.1 Å². The number of fused-ring (bicyclic) bond motifs is 1. The average Bonchev–Trinajstić information content (AvgIpc) is 3.22. The number of aromatic nitrogens is 3. The second kappa shape index (κ2) is 9.38. The number of aryl methyl sites for hydroxylation is 1. The van der Waals surface area contributed by atoms with Gasteiger partial charge >= 0.3 is 0 Å². The van der Waals surface area contributed by atoms with Crippen LogP contribution in [0.3, 0.4) is 0 Å². The van der Waals surface area contributed by atoms with Crippen LogP contribution in [0.2, 0.25) is 0 Å². The quantitative estimate of drug-likeness (QED) is 0.579. The predicted octanol–water partition coefficient (Wildman–Crippen LogP) is 3.97. The smallest absolute Gasteiger partial charge is 0.246 e. The first kappa shape index (κ1) is 21.8. The first-order valence-corrected chi connectivity index (χ1v) is 11.0. The van der Waals surface area contributed by atoms with Crippen LogP contribution in [0.25, 0.3) is 0 Å². The van der Waals surface area contributed by atoms with E-state index < -0.39 is 0 Å². The minimum atomic E-state index is -0.240. The third kappa shape index (κ3) is 4.74. The summed E-state index contributed by atoms with van der Waals surface area (Å²) in [7, 11) is 1.82. The van der Waals surface area contributed by atoms with Crippen molar-refractivity contribution in [3.63, 3.8) is 0 Å². The summed E-state index contributed by atoms with van der Waals surface area (Å²) < 4.78 is 14.9. The Kier molecular flexibility index (Phi) is 6.39. The molecule has 8 heteroatoms. The Morgan fingerprint density at radius 1 is 1.19 bits per heavy atom. The molecule has 1 N–H and O–H groups in total. The molecule has 32 heavy (non-hydrogen) atoms. The summed E-state index contributed by atoms with van der Waals surface area (Å²) in [6.45, 7) is 6.50. The minimum absolute atomic E-state index is 0.0905. The van der Waals surface area contributed by atoms with Gasteiger partial charge in [-0.25, -0.2) is 9.37 Å². The summed E-state index contributed by atoms with van der Waals surface area (Å²) >= 11 is 0. The summed E-state index contributed by atoms with van der Waals surface area (Å²) in [5, 5.41) is 7.80. The van der Waals surface area contributed by atoms with Crippen LogP contribution in [0.4, 0.5) is 21.6 Å². The molecule has 0 saturated carbocycles. The van der Waals surface area contributed by atoms with E-state index in [-0.39, 0.29) is 11.7 Å². The number of unbranched alkanes of at least 4 members (excludes halogenated alkanes) is 1. The van der Waals surface area contributed by atoms with E-state index in [9.17, 15) is 9.18 Å². The monoisotopic (exact) mass is 436 g/mol. The summed E-state index contributed by atoms with van der Waals surface area (Å²) in [6.07, 6.45) is 5.91. The number of nitrogens with zero attached hydrogens (tertiary/aromatic N) is 5. The van der Waals surface area contributed by atoms with Crippen molar-refractivity contribution in [1.29, 1.82) is 0 Å². The average molecular weight is 437 g/mol. The molecule has 0 fully saturated rings.